The van der Waals surface area contributed by atoms with E-state index in [1.807, 2.05) is 32.0 Å². The SMILES string of the molecule is Cc1ccc(N2C(=O)CC(Nc3ccc(Cl)cc3)C2=O)cc1C. The predicted molar refractivity (Wildman–Crippen MR) is 91.9 cm³/mol. The molecule has 23 heavy (non-hydrogen) atoms. The van der Waals surface area contributed by atoms with Crippen LogP contribution >= 0.6 is 11.6 Å². The van der Waals surface area contributed by atoms with E-state index in [1.165, 1.54) is 4.90 Å². The van der Waals surface area contributed by atoms with Crippen LogP contribution in [0.5, 0.6) is 0 Å². The summed E-state index contributed by atoms with van der Waals surface area (Å²) in [5.74, 6) is -0.419. The molecule has 1 unspecified atom stereocenters. The van der Waals surface area contributed by atoms with Gasteiger partial charge in [-0.1, -0.05) is 17.7 Å². The van der Waals surface area contributed by atoms with Gasteiger partial charge in [-0.15, -0.1) is 0 Å². The summed E-state index contributed by atoms with van der Waals surface area (Å²) in [4.78, 5) is 26.1. The van der Waals surface area contributed by atoms with Crippen molar-refractivity contribution in [1.82, 2.24) is 0 Å². The highest BCUT2D eigenvalue weighted by molar-refractivity contribution is 6.30. The third-order valence-corrected chi connectivity index (χ3v) is 4.33. The Morgan fingerprint density at radius 1 is 1.04 bits per heavy atom. The number of amides is 2. The number of hydrogen-bond donors (Lipinski definition) is 1. The molecule has 0 aliphatic carbocycles. The standard InChI is InChI=1S/C18H17ClN2O2/c1-11-3-8-15(9-12(11)2)21-17(22)10-16(18(21)23)20-14-6-4-13(19)5-7-14/h3-9,16,20H,10H2,1-2H3. The summed E-state index contributed by atoms with van der Waals surface area (Å²) in [5.41, 5.74) is 3.58. The van der Waals surface area contributed by atoms with Crippen LogP contribution in [-0.4, -0.2) is 17.9 Å². The van der Waals surface area contributed by atoms with Crippen molar-refractivity contribution in [3.63, 3.8) is 0 Å². The molecule has 0 bridgehead atoms. The molecule has 2 amide bonds. The Hall–Kier alpha value is -2.33. The molecule has 118 valence electrons. The lowest BCUT2D eigenvalue weighted by Gasteiger charge is -2.17. The highest BCUT2D eigenvalue weighted by Gasteiger charge is 2.39. The Balaban J connectivity index is 1.82. The topological polar surface area (TPSA) is 49.4 Å². The van der Waals surface area contributed by atoms with Crippen molar-refractivity contribution >= 4 is 34.8 Å². The lowest BCUT2D eigenvalue weighted by Crippen LogP contribution is -2.34. The molecule has 4 nitrogen and oxygen atoms in total. The summed E-state index contributed by atoms with van der Waals surface area (Å²) in [5, 5.41) is 3.73. The van der Waals surface area contributed by atoms with E-state index < -0.39 is 6.04 Å². The van der Waals surface area contributed by atoms with E-state index in [1.54, 1.807) is 24.3 Å². The molecule has 0 saturated carbocycles. The van der Waals surface area contributed by atoms with Crippen LogP contribution in [0.15, 0.2) is 42.5 Å². The van der Waals surface area contributed by atoms with Gasteiger partial charge in [0.05, 0.1) is 12.1 Å². The first kappa shape index (κ1) is 15.6. The monoisotopic (exact) mass is 328 g/mol. The molecule has 1 heterocycles. The summed E-state index contributed by atoms with van der Waals surface area (Å²) in [6.45, 7) is 3.96. The maximum atomic E-state index is 12.6. The third kappa shape index (κ3) is 3.08. The number of carbonyl (C=O) groups excluding carboxylic acids is 2. The van der Waals surface area contributed by atoms with Crippen molar-refractivity contribution in [2.75, 3.05) is 10.2 Å². The van der Waals surface area contributed by atoms with Crippen LogP contribution < -0.4 is 10.2 Å². The smallest absolute Gasteiger partial charge is 0.256 e. The van der Waals surface area contributed by atoms with Gasteiger partial charge in [-0.25, -0.2) is 4.90 Å². The molecule has 0 aromatic heterocycles. The molecule has 1 fully saturated rings. The number of anilines is 2. The highest BCUT2D eigenvalue weighted by atomic mass is 35.5. The Labute approximate surface area is 140 Å². The Kier molecular flexibility index (Phi) is 4.09. The predicted octanol–water partition coefficient (Wildman–Crippen LogP) is 3.70. The number of carbonyl (C=O) groups is 2. The summed E-state index contributed by atoms with van der Waals surface area (Å²) in [6.07, 6.45) is 0.147. The molecule has 0 radical (unpaired) electrons. The number of imide groups is 1. The quantitative estimate of drug-likeness (QED) is 0.874. The number of rotatable bonds is 3. The zero-order chi connectivity index (χ0) is 16.6. The van der Waals surface area contributed by atoms with Crippen LogP contribution in [0, 0.1) is 13.8 Å². The molecule has 1 atom stereocenters. The van der Waals surface area contributed by atoms with Crippen molar-refractivity contribution < 1.29 is 9.59 Å². The van der Waals surface area contributed by atoms with Gasteiger partial charge in [-0.05, 0) is 61.4 Å². The van der Waals surface area contributed by atoms with Gasteiger partial charge in [-0.3, -0.25) is 9.59 Å². The van der Waals surface area contributed by atoms with E-state index in [0.29, 0.717) is 10.7 Å². The van der Waals surface area contributed by atoms with E-state index in [0.717, 1.165) is 16.8 Å². The number of hydrogen-bond acceptors (Lipinski definition) is 3. The number of halogens is 1. The van der Waals surface area contributed by atoms with Crippen molar-refractivity contribution in [3.8, 4) is 0 Å². The van der Waals surface area contributed by atoms with Crippen molar-refractivity contribution in [2.45, 2.75) is 26.3 Å². The average Bonchev–Trinajstić information content (AvgIpc) is 2.79. The fourth-order valence-electron chi connectivity index (χ4n) is 2.63. The van der Waals surface area contributed by atoms with Gasteiger partial charge in [0.25, 0.3) is 5.91 Å². The normalized spacial score (nSPS) is 17.7. The molecular formula is C18H17ClN2O2. The Morgan fingerprint density at radius 3 is 2.39 bits per heavy atom. The molecule has 5 heteroatoms. The number of aryl methyl sites for hydroxylation is 2. The van der Waals surface area contributed by atoms with Crippen LogP contribution in [0.2, 0.25) is 5.02 Å². The minimum Gasteiger partial charge on any atom is -0.373 e. The van der Waals surface area contributed by atoms with Gasteiger partial charge < -0.3 is 5.32 Å². The van der Waals surface area contributed by atoms with E-state index in [4.69, 9.17) is 11.6 Å². The average molecular weight is 329 g/mol. The number of benzene rings is 2. The van der Waals surface area contributed by atoms with Crippen LogP contribution in [0.4, 0.5) is 11.4 Å². The first-order valence-electron chi connectivity index (χ1n) is 7.42. The fourth-order valence-corrected chi connectivity index (χ4v) is 2.75. The Bertz CT molecular complexity index is 771. The lowest BCUT2D eigenvalue weighted by atomic mass is 10.1. The second kappa shape index (κ2) is 6.05. The lowest BCUT2D eigenvalue weighted by molar-refractivity contribution is -0.121. The summed E-state index contributed by atoms with van der Waals surface area (Å²) in [7, 11) is 0. The van der Waals surface area contributed by atoms with Gasteiger partial charge >= 0.3 is 0 Å². The van der Waals surface area contributed by atoms with Crippen molar-refractivity contribution in [2.24, 2.45) is 0 Å². The largest absolute Gasteiger partial charge is 0.373 e. The van der Waals surface area contributed by atoms with E-state index in [9.17, 15) is 9.59 Å². The van der Waals surface area contributed by atoms with Crippen LogP contribution in [-0.2, 0) is 9.59 Å². The van der Waals surface area contributed by atoms with E-state index >= 15 is 0 Å². The summed E-state index contributed by atoms with van der Waals surface area (Å²) < 4.78 is 0. The Morgan fingerprint density at radius 2 is 1.74 bits per heavy atom. The first-order valence-corrected chi connectivity index (χ1v) is 7.79. The van der Waals surface area contributed by atoms with Gasteiger partial charge in [-0.2, -0.15) is 0 Å². The zero-order valence-electron chi connectivity index (χ0n) is 13.0. The maximum Gasteiger partial charge on any atom is 0.256 e. The molecule has 1 N–H and O–H groups in total. The molecule has 1 aliphatic rings. The second-order valence-electron chi connectivity index (χ2n) is 5.74. The second-order valence-corrected chi connectivity index (χ2v) is 6.18. The first-order chi connectivity index (χ1) is 11.0. The zero-order valence-corrected chi connectivity index (χ0v) is 13.7. The minimum absolute atomic E-state index is 0.147. The van der Waals surface area contributed by atoms with Crippen molar-refractivity contribution in [3.05, 3.63) is 58.6 Å². The van der Waals surface area contributed by atoms with E-state index in [-0.39, 0.29) is 18.2 Å². The maximum absolute atomic E-state index is 12.6. The van der Waals surface area contributed by atoms with E-state index in [2.05, 4.69) is 5.32 Å². The molecule has 0 spiro atoms. The molecule has 3 rings (SSSR count). The molecular weight excluding hydrogens is 312 g/mol. The van der Waals surface area contributed by atoms with Gasteiger partial charge in [0.2, 0.25) is 5.91 Å². The number of nitrogens with zero attached hydrogens (tertiary/aromatic N) is 1. The third-order valence-electron chi connectivity index (χ3n) is 4.08. The summed E-state index contributed by atoms with van der Waals surface area (Å²) in [6, 6.07) is 12.1. The molecule has 2 aromatic rings. The molecule has 1 aliphatic heterocycles. The summed E-state index contributed by atoms with van der Waals surface area (Å²) >= 11 is 5.85. The van der Waals surface area contributed by atoms with Gasteiger partial charge in [0, 0.05) is 10.7 Å². The van der Waals surface area contributed by atoms with Crippen LogP contribution in [0.1, 0.15) is 17.5 Å². The van der Waals surface area contributed by atoms with Crippen LogP contribution in [0.3, 0.4) is 0 Å². The van der Waals surface area contributed by atoms with Gasteiger partial charge in [0.1, 0.15) is 6.04 Å². The minimum atomic E-state index is -0.551. The number of nitrogens with one attached hydrogen (secondary N) is 1. The molecule has 1 saturated heterocycles. The molecule has 2 aromatic carbocycles. The van der Waals surface area contributed by atoms with Crippen LogP contribution in [0.25, 0.3) is 0 Å². The highest BCUT2D eigenvalue weighted by Crippen LogP contribution is 2.27. The fraction of sp³-hybridized carbons (Fsp3) is 0.222. The van der Waals surface area contributed by atoms with Gasteiger partial charge in [0.15, 0.2) is 0 Å². The van der Waals surface area contributed by atoms with Crippen molar-refractivity contribution in [1.29, 1.82) is 0 Å².